The van der Waals surface area contributed by atoms with Gasteiger partial charge in [-0.3, -0.25) is 0 Å². The summed E-state index contributed by atoms with van der Waals surface area (Å²) >= 11 is 0. The predicted octanol–water partition coefficient (Wildman–Crippen LogP) is 1.09. The number of phenolic OH excluding ortho intramolecular Hbond substituents is 1. The topological polar surface area (TPSA) is 71.7 Å². The lowest BCUT2D eigenvalue weighted by Gasteiger charge is -2.09. The van der Waals surface area contributed by atoms with Crippen molar-refractivity contribution in [2.24, 2.45) is 7.05 Å². The van der Waals surface area contributed by atoms with E-state index in [-0.39, 0.29) is 5.75 Å². The smallest absolute Gasteiger partial charge is 0.340 e. The summed E-state index contributed by atoms with van der Waals surface area (Å²) in [5, 5.41) is 19.9. The Bertz CT molecular complexity index is 573. The number of benzene rings is 1. The maximum absolute atomic E-state index is 11.3. The Balaban J connectivity index is 2.55. The molecular formula is C12H13NO4. The zero-order valence-corrected chi connectivity index (χ0v) is 9.54. The van der Waals surface area contributed by atoms with E-state index in [0.717, 1.165) is 10.9 Å². The molecule has 0 aliphatic heterocycles. The number of aliphatic hydroxyl groups excluding tert-OH is 1. The molecule has 0 aliphatic rings. The van der Waals surface area contributed by atoms with Gasteiger partial charge in [0.25, 0.3) is 0 Å². The highest BCUT2D eigenvalue weighted by Gasteiger charge is 2.22. The van der Waals surface area contributed by atoms with Gasteiger partial charge in [0.15, 0.2) is 6.10 Å². The lowest BCUT2D eigenvalue weighted by molar-refractivity contribution is -0.151. The van der Waals surface area contributed by atoms with Crippen molar-refractivity contribution in [1.29, 1.82) is 0 Å². The van der Waals surface area contributed by atoms with Gasteiger partial charge in [-0.15, -0.1) is 0 Å². The van der Waals surface area contributed by atoms with E-state index in [2.05, 4.69) is 4.74 Å². The zero-order chi connectivity index (χ0) is 12.6. The molecule has 1 heterocycles. The lowest BCUT2D eigenvalue weighted by atomic mass is 10.2. The quantitative estimate of drug-likeness (QED) is 0.764. The molecule has 0 radical (unpaired) electrons. The molecule has 2 aromatic rings. The first-order chi connectivity index (χ1) is 8.04. The minimum atomic E-state index is -1.32. The van der Waals surface area contributed by atoms with Crippen molar-refractivity contribution in [3.8, 4) is 5.75 Å². The summed E-state index contributed by atoms with van der Waals surface area (Å²) < 4.78 is 6.18. The average Bonchev–Trinajstić information content (AvgIpc) is 2.64. The number of aryl methyl sites for hydroxylation is 1. The molecule has 2 rings (SSSR count). The number of methoxy groups -OCH3 is 1. The number of esters is 1. The number of carbonyl (C=O) groups excluding carboxylic acids is 1. The predicted molar refractivity (Wildman–Crippen MR) is 61.6 cm³/mol. The van der Waals surface area contributed by atoms with E-state index in [0.29, 0.717) is 5.69 Å². The van der Waals surface area contributed by atoms with Gasteiger partial charge in [-0.25, -0.2) is 4.79 Å². The van der Waals surface area contributed by atoms with Crippen molar-refractivity contribution in [3.63, 3.8) is 0 Å². The molecule has 0 amide bonds. The molecule has 5 nitrogen and oxygen atoms in total. The van der Waals surface area contributed by atoms with Crippen LogP contribution in [0.5, 0.6) is 5.75 Å². The molecule has 1 aromatic carbocycles. The maximum Gasteiger partial charge on any atom is 0.340 e. The largest absolute Gasteiger partial charge is 0.508 e. The third-order valence-electron chi connectivity index (χ3n) is 2.77. The van der Waals surface area contributed by atoms with Gasteiger partial charge in [-0.1, -0.05) is 0 Å². The number of aromatic hydroxyl groups is 1. The van der Waals surface area contributed by atoms with E-state index >= 15 is 0 Å². The summed E-state index contributed by atoms with van der Waals surface area (Å²) in [6, 6.07) is 6.49. The normalized spacial score (nSPS) is 12.6. The Morgan fingerprint density at radius 2 is 2.12 bits per heavy atom. The summed E-state index contributed by atoms with van der Waals surface area (Å²) in [5.41, 5.74) is 1.25. The van der Waals surface area contributed by atoms with E-state index in [1.165, 1.54) is 7.11 Å². The minimum absolute atomic E-state index is 0.141. The molecule has 1 unspecified atom stereocenters. The number of phenols is 1. The molecule has 0 saturated heterocycles. The molecular weight excluding hydrogens is 222 g/mol. The van der Waals surface area contributed by atoms with Crippen LogP contribution in [0.15, 0.2) is 24.3 Å². The fraction of sp³-hybridized carbons (Fsp3) is 0.250. The first-order valence-electron chi connectivity index (χ1n) is 5.09. The Kier molecular flexibility index (Phi) is 2.77. The number of rotatable bonds is 2. The summed E-state index contributed by atoms with van der Waals surface area (Å²) in [5.74, 6) is -0.567. The van der Waals surface area contributed by atoms with Crippen LogP contribution in [0.25, 0.3) is 10.9 Å². The average molecular weight is 235 g/mol. The molecule has 90 valence electrons. The summed E-state index contributed by atoms with van der Waals surface area (Å²) in [4.78, 5) is 11.3. The van der Waals surface area contributed by atoms with Crippen LogP contribution in [0.4, 0.5) is 0 Å². The second kappa shape index (κ2) is 4.10. The Labute approximate surface area is 97.9 Å². The molecule has 0 spiro atoms. The third kappa shape index (κ3) is 1.85. The Morgan fingerprint density at radius 1 is 1.41 bits per heavy atom. The monoisotopic (exact) mass is 235 g/mol. The van der Waals surface area contributed by atoms with Crippen molar-refractivity contribution in [2.45, 2.75) is 6.10 Å². The fourth-order valence-electron chi connectivity index (χ4n) is 1.85. The number of aromatic nitrogens is 1. The van der Waals surface area contributed by atoms with Crippen LogP contribution in [0.3, 0.4) is 0 Å². The van der Waals surface area contributed by atoms with Gasteiger partial charge < -0.3 is 19.5 Å². The van der Waals surface area contributed by atoms with E-state index in [4.69, 9.17) is 0 Å². The number of ether oxygens (including phenoxy) is 1. The van der Waals surface area contributed by atoms with Crippen molar-refractivity contribution in [3.05, 3.63) is 30.0 Å². The van der Waals surface area contributed by atoms with E-state index in [9.17, 15) is 15.0 Å². The van der Waals surface area contributed by atoms with Gasteiger partial charge in [0.2, 0.25) is 0 Å². The maximum atomic E-state index is 11.3. The highest BCUT2D eigenvalue weighted by Crippen LogP contribution is 2.26. The Hall–Kier alpha value is -2.01. The first-order valence-corrected chi connectivity index (χ1v) is 5.09. The van der Waals surface area contributed by atoms with Gasteiger partial charge in [0.05, 0.1) is 12.8 Å². The van der Waals surface area contributed by atoms with Crippen molar-refractivity contribution in [1.82, 2.24) is 4.57 Å². The van der Waals surface area contributed by atoms with Crippen LogP contribution >= 0.6 is 0 Å². The van der Waals surface area contributed by atoms with Crippen LogP contribution in [0, 0.1) is 0 Å². The second-order valence-electron chi connectivity index (χ2n) is 3.80. The Morgan fingerprint density at radius 3 is 2.76 bits per heavy atom. The highest BCUT2D eigenvalue weighted by molar-refractivity contribution is 5.85. The molecule has 2 N–H and O–H groups in total. The third-order valence-corrected chi connectivity index (χ3v) is 2.77. The van der Waals surface area contributed by atoms with Gasteiger partial charge in [-0.2, -0.15) is 0 Å². The molecule has 0 bridgehead atoms. The lowest BCUT2D eigenvalue weighted by Crippen LogP contribution is -2.16. The zero-order valence-electron chi connectivity index (χ0n) is 9.54. The van der Waals surface area contributed by atoms with Crippen molar-refractivity contribution < 1.29 is 19.7 Å². The number of fused-ring (bicyclic) bond motifs is 1. The SMILES string of the molecule is COC(=O)C(O)c1cc2cc(O)ccc2n1C. The van der Waals surface area contributed by atoms with E-state index in [1.54, 1.807) is 35.9 Å². The molecule has 5 heteroatoms. The molecule has 17 heavy (non-hydrogen) atoms. The molecule has 1 aromatic heterocycles. The van der Waals surface area contributed by atoms with Gasteiger partial charge in [-0.05, 0) is 24.3 Å². The fourth-order valence-corrected chi connectivity index (χ4v) is 1.85. The summed E-state index contributed by atoms with van der Waals surface area (Å²) in [6.07, 6.45) is -1.32. The van der Waals surface area contributed by atoms with Gasteiger partial charge in [0.1, 0.15) is 5.75 Å². The number of hydrogen-bond donors (Lipinski definition) is 2. The number of aliphatic hydroxyl groups is 1. The number of carbonyl (C=O) groups is 1. The van der Waals surface area contributed by atoms with Crippen LogP contribution < -0.4 is 0 Å². The van der Waals surface area contributed by atoms with Crippen LogP contribution in [0.2, 0.25) is 0 Å². The molecule has 0 fully saturated rings. The van der Waals surface area contributed by atoms with E-state index in [1.807, 2.05) is 0 Å². The molecule has 0 aliphatic carbocycles. The van der Waals surface area contributed by atoms with Crippen molar-refractivity contribution in [2.75, 3.05) is 7.11 Å². The highest BCUT2D eigenvalue weighted by atomic mass is 16.5. The van der Waals surface area contributed by atoms with Crippen LogP contribution in [-0.2, 0) is 16.6 Å². The van der Waals surface area contributed by atoms with E-state index < -0.39 is 12.1 Å². The number of hydrogen-bond acceptors (Lipinski definition) is 4. The minimum Gasteiger partial charge on any atom is -0.508 e. The number of nitrogens with zero attached hydrogens (tertiary/aromatic N) is 1. The van der Waals surface area contributed by atoms with Crippen molar-refractivity contribution >= 4 is 16.9 Å². The van der Waals surface area contributed by atoms with Crippen LogP contribution in [0.1, 0.15) is 11.8 Å². The summed E-state index contributed by atoms with van der Waals surface area (Å²) in [6.45, 7) is 0. The summed E-state index contributed by atoms with van der Waals surface area (Å²) in [7, 11) is 2.96. The first kappa shape index (κ1) is 11.5. The van der Waals surface area contributed by atoms with Gasteiger partial charge in [0, 0.05) is 18.0 Å². The molecule has 1 atom stereocenters. The standard InChI is InChI=1S/C12H13NO4/c1-13-9-4-3-8(14)5-7(9)6-10(13)11(15)12(16)17-2/h3-6,11,14-15H,1-2H3. The van der Waals surface area contributed by atoms with Crippen LogP contribution in [-0.4, -0.2) is 27.9 Å². The molecule has 0 saturated carbocycles. The van der Waals surface area contributed by atoms with Gasteiger partial charge >= 0.3 is 5.97 Å². The second-order valence-corrected chi connectivity index (χ2v) is 3.80.